The number of hydrogen-bond acceptors (Lipinski definition) is 3. The minimum absolute atomic E-state index is 0.0320. The number of ketones is 1. The number of carbonyl (C=O) groups excluding carboxylic acids is 1. The van der Waals surface area contributed by atoms with Crippen molar-refractivity contribution in [2.75, 3.05) is 6.61 Å². The van der Waals surface area contributed by atoms with Crippen LogP contribution in [0.3, 0.4) is 0 Å². The molecular weight excluding hydrogens is 288 g/mol. The maximum Gasteiger partial charge on any atom is 0.142 e. The molecule has 0 aromatic heterocycles. The largest absolute Gasteiger partial charge is 0.396 e. The van der Waals surface area contributed by atoms with Gasteiger partial charge in [-0.25, -0.2) is 0 Å². The van der Waals surface area contributed by atoms with E-state index in [1.165, 1.54) is 0 Å². The lowest BCUT2D eigenvalue weighted by Gasteiger charge is -2.65. The van der Waals surface area contributed by atoms with Crippen molar-refractivity contribution in [3.63, 3.8) is 0 Å². The maximum absolute atomic E-state index is 13.3. The van der Waals surface area contributed by atoms with Crippen LogP contribution in [0.2, 0.25) is 0 Å². The van der Waals surface area contributed by atoms with Crippen LogP contribution in [-0.4, -0.2) is 28.7 Å². The number of aliphatic hydroxyl groups is 2. The first-order valence-electron chi connectivity index (χ1n) is 9.57. The molecule has 2 N–H and O–H groups in total. The number of rotatable bonds is 1. The molecule has 0 aromatic rings. The van der Waals surface area contributed by atoms with Crippen LogP contribution in [0.4, 0.5) is 0 Å². The molecule has 3 heteroatoms. The summed E-state index contributed by atoms with van der Waals surface area (Å²) in [5, 5.41) is 21.2. The second-order valence-electron chi connectivity index (χ2n) is 10.4. The van der Waals surface area contributed by atoms with E-state index in [0.717, 1.165) is 32.1 Å². The van der Waals surface area contributed by atoms with Gasteiger partial charge < -0.3 is 10.2 Å². The van der Waals surface area contributed by atoms with E-state index >= 15 is 0 Å². The molecule has 9 atom stereocenters. The summed E-state index contributed by atoms with van der Waals surface area (Å²) in [7, 11) is 0. The molecule has 3 nitrogen and oxygen atoms in total. The van der Waals surface area contributed by atoms with Gasteiger partial charge in [0.2, 0.25) is 0 Å². The minimum atomic E-state index is -0.451. The lowest BCUT2D eigenvalue weighted by atomic mass is 9.38. The normalized spacial score (nSPS) is 66.0. The second-order valence-corrected chi connectivity index (χ2v) is 10.4. The Labute approximate surface area is 138 Å². The summed E-state index contributed by atoms with van der Waals surface area (Å²) in [6, 6.07) is 0. The van der Waals surface area contributed by atoms with Gasteiger partial charge in [0.1, 0.15) is 5.78 Å². The molecule has 6 fully saturated rings. The highest BCUT2D eigenvalue weighted by Crippen LogP contribution is 2.84. The van der Waals surface area contributed by atoms with Crippen molar-refractivity contribution in [1.29, 1.82) is 0 Å². The van der Waals surface area contributed by atoms with Gasteiger partial charge in [0.15, 0.2) is 0 Å². The van der Waals surface area contributed by atoms with Crippen molar-refractivity contribution in [2.45, 2.75) is 65.4 Å². The van der Waals surface area contributed by atoms with Crippen molar-refractivity contribution in [1.82, 2.24) is 0 Å². The van der Waals surface area contributed by atoms with E-state index in [1.807, 2.05) is 0 Å². The van der Waals surface area contributed by atoms with Gasteiger partial charge >= 0.3 is 0 Å². The lowest BCUT2D eigenvalue weighted by Crippen LogP contribution is -2.66. The van der Waals surface area contributed by atoms with Gasteiger partial charge in [-0.05, 0) is 60.2 Å². The molecule has 0 amide bonds. The molecule has 0 aromatic carbocycles. The van der Waals surface area contributed by atoms with Crippen LogP contribution < -0.4 is 0 Å². The number of carbonyl (C=O) groups is 1. The highest BCUT2D eigenvalue weighted by molar-refractivity contribution is 5.89. The molecular formula is C20H30O3. The molecule has 0 unspecified atom stereocenters. The van der Waals surface area contributed by atoms with E-state index in [9.17, 15) is 15.0 Å². The Morgan fingerprint density at radius 1 is 1.13 bits per heavy atom. The summed E-state index contributed by atoms with van der Waals surface area (Å²) in [5.74, 6) is 2.16. The predicted octanol–water partition coefficient (Wildman–Crippen LogP) is 2.79. The van der Waals surface area contributed by atoms with Crippen LogP contribution in [0, 0.1) is 45.3 Å². The third-order valence-electron chi connectivity index (χ3n) is 9.89. The van der Waals surface area contributed by atoms with Gasteiger partial charge in [-0.15, -0.1) is 0 Å². The zero-order valence-corrected chi connectivity index (χ0v) is 14.6. The fourth-order valence-corrected chi connectivity index (χ4v) is 8.53. The lowest BCUT2D eigenvalue weighted by molar-refractivity contribution is -0.204. The summed E-state index contributed by atoms with van der Waals surface area (Å²) >= 11 is 0. The average molecular weight is 318 g/mol. The third-order valence-corrected chi connectivity index (χ3v) is 9.89. The molecule has 6 aliphatic carbocycles. The van der Waals surface area contributed by atoms with Crippen LogP contribution in [0.5, 0.6) is 0 Å². The molecule has 6 rings (SSSR count). The van der Waals surface area contributed by atoms with Gasteiger partial charge in [-0.1, -0.05) is 27.2 Å². The summed E-state index contributed by atoms with van der Waals surface area (Å²) in [4.78, 5) is 13.3. The SMILES string of the molecule is C[C@@]1(CO)CCC[C@]2(C)[C@@H]1CC(=O)[C@@]13C[C@H]4[C@@H](C[C@@H]21)[C@@]4(C)[C@@H]3O. The molecule has 128 valence electrons. The van der Waals surface area contributed by atoms with Gasteiger partial charge in [0.05, 0.1) is 11.5 Å². The second kappa shape index (κ2) is 3.88. The molecule has 6 aliphatic rings. The fourth-order valence-electron chi connectivity index (χ4n) is 8.53. The first-order valence-corrected chi connectivity index (χ1v) is 9.57. The number of Topliss-reactive ketones (excluding diaryl/α,β-unsaturated/α-hetero) is 1. The van der Waals surface area contributed by atoms with Gasteiger partial charge in [0.25, 0.3) is 0 Å². The Kier molecular flexibility index (Phi) is 2.51. The van der Waals surface area contributed by atoms with Gasteiger partial charge in [-0.3, -0.25) is 4.79 Å². The zero-order valence-electron chi connectivity index (χ0n) is 14.6. The van der Waals surface area contributed by atoms with Crippen molar-refractivity contribution < 1.29 is 15.0 Å². The fraction of sp³-hybridized carbons (Fsp3) is 0.950. The number of hydrogen-bond donors (Lipinski definition) is 2. The number of fused-ring (bicyclic) bond motifs is 1. The third kappa shape index (κ3) is 1.31. The Bertz CT molecular complexity index is 602. The van der Waals surface area contributed by atoms with Crippen molar-refractivity contribution >= 4 is 5.78 Å². The Balaban J connectivity index is 1.63. The summed E-state index contributed by atoms with van der Waals surface area (Å²) in [5.41, 5.74) is -0.431. The molecule has 23 heavy (non-hydrogen) atoms. The molecule has 0 aliphatic heterocycles. The van der Waals surface area contributed by atoms with E-state index in [1.54, 1.807) is 0 Å². The quantitative estimate of drug-likeness (QED) is 0.781. The Morgan fingerprint density at radius 2 is 1.87 bits per heavy atom. The zero-order chi connectivity index (χ0) is 16.4. The topological polar surface area (TPSA) is 57.5 Å². The molecule has 1 spiro atoms. The highest BCUT2D eigenvalue weighted by Gasteiger charge is 2.84. The highest BCUT2D eigenvalue weighted by atomic mass is 16.3. The van der Waals surface area contributed by atoms with Crippen LogP contribution in [0.15, 0.2) is 0 Å². The molecule has 6 saturated carbocycles. The molecule has 0 radical (unpaired) electrons. The Hall–Kier alpha value is -0.410. The summed E-state index contributed by atoms with van der Waals surface area (Å²) in [6.45, 7) is 6.98. The van der Waals surface area contributed by atoms with Crippen LogP contribution in [-0.2, 0) is 4.79 Å². The van der Waals surface area contributed by atoms with E-state index < -0.39 is 11.5 Å². The molecule has 4 bridgehead atoms. The van der Waals surface area contributed by atoms with Crippen LogP contribution in [0.1, 0.15) is 59.3 Å². The van der Waals surface area contributed by atoms with Crippen molar-refractivity contribution in [3.05, 3.63) is 0 Å². The maximum atomic E-state index is 13.3. The first kappa shape index (κ1) is 14.9. The predicted molar refractivity (Wildman–Crippen MR) is 86.5 cm³/mol. The monoisotopic (exact) mass is 318 g/mol. The molecule has 0 heterocycles. The standard InChI is InChI=1S/C20H30O3/c1-17(10-21)5-4-6-18(2)13(17)8-15(22)20-9-12-11(7-14(18)20)19(12,3)16(20)23/h11-14,16,21,23H,4-10H2,1-3H3/t11-,12+,13-,14+,16+,17+,18-,19-,20-/m1/s1. The van der Waals surface area contributed by atoms with Crippen molar-refractivity contribution in [2.24, 2.45) is 45.3 Å². The Morgan fingerprint density at radius 3 is 2.48 bits per heavy atom. The van der Waals surface area contributed by atoms with Crippen molar-refractivity contribution in [3.8, 4) is 0 Å². The minimum Gasteiger partial charge on any atom is -0.396 e. The molecule has 0 saturated heterocycles. The smallest absolute Gasteiger partial charge is 0.142 e. The summed E-state index contributed by atoms with van der Waals surface area (Å²) in [6.07, 6.45) is 5.57. The number of aliphatic hydroxyl groups excluding tert-OH is 2. The van der Waals surface area contributed by atoms with Gasteiger partial charge in [-0.2, -0.15) is 0 Å². The average Bonchev–Trinajstić information content (AvgIpc) is 3.06. The van der Waals surface area contributed by atoms with E-state index in [0.29, 0.717) is 30.0 Å². The first-order chi connectivity index (χ1) is 10.7. The van der Waals surface area contributed by atoms with E-state index in [2.05, 4.69) is 20.8 Å². The van der Waals surface area contributed by atoms with E-state index in [-0.39, 0.29) is 28.8 Å². The van der Waals surface area contributed by atoms with Crippen LogP contribution in [0.25, 0.3) is 0 Å². The summed E-state index contributed by atoms with van der Waals surface area (Å²) < 4.78 is 0. The van der Waals surface area contributed by atoms with E-state index in [4.69, 9.17) is 0 Å². The van der Waals surface area contributed by atoms with Gasteiger partial charge in [0, 0.05) is 18.4 Å². The van der Waals surface area contributed by atoms with Crippen LogP contribution >= 0.6 is 0 Å².